The Kier molecular flexibility index (Phi) is 3.01. The molecule has 1 atom stereocenters. The molecule has 0 bridgehead atoms. The van der Waals surface area contributed by atoms with E-state index >= 15 is 0 Å². The van der Waals surface area contributed by atoms with Crippen molar-refractivity contribution in [3.8, 4) is 0 Å². The molecule has 0 radical (unpaired) electrons. The molecule has 0 aromatic heterocycles. The summed E-state index contributed by atoms with van der Waals surface area (Å²) >= 11 is 0. The maximum atomic E-state index is 12.5. The Balaban J connectivity index is 1.85. The molecule has 2 amide bonds. The number of nitrogens with one attached hydrogen (secondary N) is 1. The van der Waals surface area contributed by atoms with E-state index in [2.05, 4.69) is 11.4 Å². The van der Waals surface area contributed by atoms with Crippen molar-refractivity contribution in [1.82, 2.24) is 10.2 Å². The van der Waals surface area contributed by atoms with Gasteiger partial charge in [0.1, 0.15) is 6.04 Å². The fraction of sp³-hybridized carbons (Fsp3) is 0.467. The van der Waals surface area contributed by atoms with Crippen molar-refractivity contribution in [3.05, 3.63) is 34.9 Å². The van der Waals surface area contributed by atoms with E-state index in [4.69, 9.17) is 0 Å². The largest absolute Gasteiger partial charge is 0.353 e. The van der Waals surface area contributed by atoms with Gasteiger partial charge in [0, 0.05) is 18.7 Å². The van der Waals surface area contributed by atoms with Crippen LogP contribution in [0.15, 0.2) is 18.2 Å². The highest BCUT2D eigenvalue weighted by Crippen LogP contribution is 2.23. The van der Waals surface area contributed by atoms with E-state index in [1.807, 2.05) is 12.1 Å². The Morgan fingerprint density at radius 1 is 1.32 bits per heavy atom. The normalized spacial score (nSPS) is 22.1. The zero-order chi connectivity index (χ0) is 13.4. The number of carbonyl (C=O) groups is 2. The Bertz CT molecular complexity index is 539. The van der Waals surface area contributed by atoms with Crippen LogP contribution >= 0.6 is 0 Å². The maximum Gasteiger partial charge on any atom is 0.254 e. The highest BCUT2D eigenvalue weighted by atomic mass is 16.2. The van der Waals surface area contributed by atoms with Crippen LogP contribution in [0.5, 0.6) is 0 Å². The number of hydrogen-bond acceptors (Lipinski definition) is 2. The van der Waals surface area contributed by atoms with Gasteiger partial charge >= 0.3 is 0 Å². The van der Waals surface area contributed by atoms with Crippen molar-refractivity contribution >= 4 is 11.8 Å². The predicted octanol–water partition coefficient (Wildman–Crippen LogP) is 1.14. The van der Waals surface area contributed by atoms with Crippen molar-refractivity contribution in [1.29, 1.82) is 0 Å². The minimum atomic E-state index is -0.380. The lowest BCUT2D eigenvalue weighted by atomic mass is 10.0. The lowest BCUT2D eigenvalue weighted by Gasteiger charge is -2.33. The van der Waals surface area contributed by atoms with Gasteiger partial charge in [-0.3, -0.25) is 9.59 Å². The number of amides is 2. The second-order valence-corrected chi connectivity index (χ2v) is 5.30. The summed E-state index contributed by atoms with van der Waals surface area (Å²) in [6, 6.07) is 5.58. The van der Waals surface area contributed by atoms with Crippen LogP contribution in [0, 0.1) is 0 Å². The summed E-state index contributed by atoms with van der Waals surface area (Å²) < 4.78 is 0. The van der Waals surface area contributed by atoms with Crippen LogP contribution in [0.1, 0.15) is 34.8 Å². The summed E-state index contributed by atoms with van der Waals surface area (Å²) in [6.07, 6.45) is 3.36. The molecule has 1 aliphatic heterocycles. The number of benzene rings is 1. The van der Waals surface area contributed by atoms with Crippen molar-refractivity contribution in [3.63, 3.8) is 0 Å². The molecule has 1 fully saturated rings. The number of carbonyl (C=O) groups excluding carboxylic acids is 2. The Labute approximate surface area is 112 Å². The molecular formula is C15H18N2O2. The summed E-state index contributed by atoms with van der Waals surface area (Å²) in [5.74, 6) is -0.0992. The molecular weight excluding hydrogens is 240 g/mol. The third-order valence-corrected chi connectivity index (χ3v) is 4.11. The molecule has 2 aliphatic rings. The monoisotopic (exact) mass is 258 g/mol. The zero-order valence-corrected chi connectivity index (χ0v) is 11.1. The van der Waals surface area contributed by atoms with Gasteiger partial charge in [-0.15, -0.1) is 0 Å². The third kappa shape index (κ3) is 2.11. The average molecular weight is 258 g/mol. The Morgan fingerprint density at radius 3 is 2.95 bits per heavy atom. The van der Waals surface area contributed by atoms with Crippen LogP contribution < -0.4 is 5.32 Å². The predicted molar refractivity (Wildman–Crippen MR) is 72.0 cm³/mol. The first-order chi connectivity index (χ1) is 9.16. The van der Waals surface area contributed by atoms with Crippen molar-refractivity contribution < 1.29 is 9.59 Å². The van der Waals surface area contributed by atoms with Crippen molar-refractivity contribution in [2.45, 2.75) is 32.2 Å². The van der Waals surface area contributed by atoms with Crippen LogP contribution in [0.25, 0.3) is 0 Å². The van der Waals surface area contributed by atoms with Gasteiger partial charge in [0.15, 0.2) is 0 Å². The van der Waals surface area contributed by atoms with E-state index in [0.29, 0.717) is 18.7 Å². The van der Waals surface area contributed by atoms with Crippen molar-refractivity contribution in [2.75, 3.05) is 13.1 Å². The van der Waals surface area contributed by atoms with Crippen molar-refractivity contribution in [2.24, 2.45) is 0 Å². The highest BCUT2D eigenvalue weighted by Gasteiger charge is 2.30. The second kappa shape index (κ2) is 4.68. The first-order valence-electron chi connectivity index (χ1n) is 6.87. The summed E-state index contributed by atoms with van der Waals surface area (Å²) in [5, 5.41) is 2.78. The summed E-state index contributed by atoms with van der Waals surface area (Å²) in [5.41, 5.74) is 3.36. The molecule has 4 nitrogen and oxygen atoms in total. The molecule has 3 rings (SSSR count). The van der Waals surface area contributed by atoms with E-state index in [9.17, 15) is 9.59 Å². The van der Waals surface area contributed by atoms with Gasteiger partial charge in [-0.05, 0) is 49.4 Å². The SMILES string of the molecule is CC1C(=O)NCCN1C(=O)c1ccc2c(c1)CCC2. The molecule has 1 aromatic rings. The molecule has 19 heavy (non-hydrogen) atoms. The minimum Gasteiger partial charge on any atom is -0.353 e. The zero-order valence-electron chi connectivity index (χ0n) is 11.1. The fourth-order valence-electron chi connectivity index (χ4n) is 2.93. The van der Waals surface area contributed by atoms with Gasteiger partial charge in [-0.2, -0.15) is 0 Å². The van der Waals surface area contributed by atoms with E-state index in [1.54, 1.807) is 11.8 Å². The molecule has 4 heteroatoms. The lowest BCUT2D eigenvalue weighted by molar-refractivity contribution is -0.127. The maximum absolute atomic E-state index is 12.5. The Hall–Kier alpha value is -1.84. The van der Waals surface area contributed by atoms with E-state index in [0.717, 1.165) is 12.8 Å². The fourth-order valence-corrected chi connectivity index (χ4v) is 2.93. The molecule has 1 N–H and O–H groups in total. The molecule has 1 aromatic carbocycles. The topological polar surface area (TPSA) is 49.4 Å². The number of nitrogens with zero attached hydrogens (tertiary/aromatic N) is 1. The summed E-state index contributed by atoms with van der Waals surface area (Å²) in [6.45, 7) is 2.91. The number of piperazine rings is 1. The standard InChI is InChI=1S/C15H18N2O2/c1-10-14(18)16-7-8-17(10)15(19)13-6-5-11-3-2-4-12(11)9-13/h5-6,9-10H,2-4,7-8H2,1H3,(H,16,18). The van der Waals surface area contributed by atoms with E-state index < -0.39 is 0 Å². The van der Waals surface area contributed by atoms with E-state index in [1.165, 1.54) is 17.5 Å². The first kappa shape index (κ1) is 12.2. The molecule has 1 heterocycles. The van der Waals surface area contributed by atoms with Gasteiger partial charge in [0.2, 0.25) is 5.91 Å². The van der Waals surface area contributed by atoms with Gasteiger partial charge < -0.3 is 10.2 Å². The van der Waals surface area contributed by atoms with Gasteiger partial charge in [-0.1, -0.05) is 6.07 Å². The van der Waals surface area contributed by atoms with Gasteiger partial charge in [0.05, 0.1) is 0 Å². The van der Waals surface area contributed by atoms with Crippen LogP contribution in [0.4, 0.5) is 0 Å². The van der Waals surface area contributed by atoms with E-state index in [-0.39, 0.29) is 17.9 Å². The summed E-state index contributed by atoms with van der Waals surface area (Å²) in [4.78, 5) is 25.8. The number of rotatable bonds is 1. The molecule has 0 saturated carbocycles. The highest BCUT2D eigenvalue weighted by molar-refractivity contribution is 5.98. The smallest absolute Gasteiger partial charge is 0.254 e. The van der Waals surface area contributed by atoms with Crippen LogP contribution in [-0.2, 0) is 17.6 Å². The number of fused-ring (bicyclic) bond motifs is 1. The number of aryl methyl sites for hydroxylation is 2. The van der Waals surface area contributed by atoms with Crippen LogP contribution in [-0.4, -0.2) is 35.8 Å². The van der Waals surface area contributed by atoms with Gasteiger partial charge in [0.25, 0.3) is 5.91 Å². The molecule has 1 aliphatic carbocycles. The lowest BCUT2D eigenvalue weighted by Crippen LogP contribution is -2.55. The molecule has 1 unspecified atom stereocenters. The second-order valence-electron chi connectivity index (χ2n) is 5.30. The number of hydrogen-bond donors (Lipinski definition) is 1. The quantitative estimate of drug-likeness (QED) is 0.821. The average Bonchev–Trinajstić information content (AvgIpc) is 2.88. The summed E-state index contributed by atoms with van der Waals surface area (Å²) in [7, 11) is 0. The van der Waals surface area contributed by atoms with Gasteiger partial charge in [-0.25, -0.2) is 0 Å². The minimum absolute atomic E-state index is 0.0305. The molecule has 0 spiro atoms. The molecule has 1 saturated heterocycles. The first-order valence-corrected chi connectivity index (χ1v) is 6.87. The Morgan fingerprint density at radius 2 is 2.11 bits per heavy atom. The third-order valence-electron chi connectivity index (χ3n) is 4.11. The molecule has 100 valence electrons. The van der Waals surface area contributed by atoms with Crippen LogP contribution in [0.2, 0.25) is 0 Å². The van der Waals surface area contributed by atoms with Crippen LogP contribution in [0.3, 0.4) is 0 Å².